The number of nitrogens with one attached hydrogen (secondary N) is 1. The van der Waals surface area contributed by atoms with Crippen LogP contribution in [0.25, 0.3) is 0 Å². The van der Waals surface area contributed by atoms with Crippen LogP contribution in [0.2, 0.25) is 0 Å². The molecule has 170 valence electrons. The number of ether oxygens (including phenoxy) is 1. The van der Waals surface area contributed by atoms with Crippen molar-refractivity contribution in [1.82, 2.24) is 10.2 Å². The van der Waals surface area contributed by atoms with Gasteiger partial charge in [-0.3, -0.25) is 4.99 Å². The zero-order chi connectivity index (χ0) is 21.2. The van der Waals surface area contributed by atoms with Crippen LogP contribution in [0.15, 0.2) is 65.7 Å². The van der Waals surface area contributed by atoms with Gasteiger partial charge >= 0.3 is 0 Å². The molecule has 0 unspecified atom stereocenters. The van der Waals surface area contributed by atoms with Gasteiger partial charge in [0.05, 0.1) is 11.5 Å². The Labute approximate surface area is 203 Å². The summed E-state index contributed by atoms with van der Waals surface area (Å²) in [7, 11) is -1.35. The summed E-state index contributed by atoms with van der Waals surface area (Å²) in [5, 5.41) is 3.31. The van der Waals surface area contributed by atoms with E-state index < -0.39 is 9.84 Å². The normalized spacial score (nSPS) is 15.3. The highest BCUT2D eigenvalue weighted by atomic mass is 127. The highest BCUT2D eigenvalue weighted by Gasteiger charge is 2.22. The lowest BCUT2D eigenvalue weighted by Crippen LogP contribution is -2.47. The van der Waals surface area contributed by atoms with Crippen LogP contribution in [0.5, 0.6) is 5.75 Å². The van der Waals surface area contributed by atoms with Crippen molar-refractivity contribution in [1.29, 1.82) is 0 Å². The van der Waals surface area contributed by atoms with Crippen molar-refractivity contribution in [3.8, 4) is 5.75 Å². The minimum Gasteiger partial charge on any atom is -0.490 e. The third kappa shape index (κ3) is 8.68. The second kappa shape index (κ2) is 12.9. The molecule has 0 saturated carbocycles. The van der Waals surface area contributed by atoms with Crippen LogP contribution in [0.4, 0.5) is 0 Å². The molecule has 1 heterocycles. The molecule has 0 radical (unpaired) electrons. The van der Waals surface area contributed by atoms with Crippen LogP contribution in [0.3, 0.4) is 0 Å². The first-order chi connectivity index (χ1) is 14.6. The van der Waals surface area contributed by atoms with Crippen molar-refractivity contribution < 1.29 is 13.2 Å². The van der Waals surface area contributed by atoms with Gasteiger partial charge in [-0.2, -0.15) is 0 Å². The van der Waals surface area contributed by atoms with Gasteiger partial charge in [0.2, 0.25) is 0 Å². The Morgan fingerprint density at radius 1 is 1.06 bits per heavy atom. The van der Waals surface area contributed by atoms with Crippen LogP contribution in [0, 0.1) is 0 Å². The van der Waals surface area contributed by atoms with Gasteiger partial charge in [0.25, 0.3) is 0 Å². The van der Waals surface area contributed by atoms with Gasteiger partial charge in [-0.1, -0.05) is 48.5 Å². The maximum Gasteiger partial charge on any atom is 0.193 e. The summed E-state index contributed by atoms with van der Waals surface area (Å²) in [6.45, 7) is 2.31. The number of nitrogens with zero attached hydrogens (tertiary/aromatic N) is 2. The van der Waals surface area contributed by atoms with E-state index in [1.54, 1.807) is 7.05 Å². The SMILES string of the molecule is CN=C(NCCCS(=O)(=O)Cc1ccccc1)N1CCC(Oc2ccccc2)CC1.I. The van der Waals surface area contributed by atoms with Crippen LogP contribution in [-0.2, 0) is 15.6 Å². The number of likely N-dealkylation sites (tertiary alicyclic amines) is 1. The number of sulfone groups is 1. The molecule has 6 nitrogen and oxygen atoms in total. The second-order valence-electron chi connectivity index (χ2n) is 7.52. The number of piperidine rings is 1. The van der Waals surface area contributed by atoms with Gasteiger partial charge in [0, 0.05) is 39.5 Å². The predicted molar refractivity (Wildman–Crippen MR) is 137 cm³/mol. The van der Waals surface area contributed by atoms with Crippen molar-refractivity contribution >= 4 is 39.8 Å². The van der Waals surface area contributed by atoms with Crippen molar-refractivity contribution in [2.75, 3.05) is 32.4 Å². The molecule has 2 aromatic carbocycles. The van der Waals surface area contributed by atoms with Crippen LogP contribution in [0.1, 0.15) is 24.8 Å². The predicted octanol–water partition coefficient (Wildman–Crippen LogP) is 3.73. The van der Waals surface area contributed by atoms with Gasteiger partial charge in [-0.05, 0) is 24.1 Å². The minimum absolute atomic E-state index is 0. The Morgan fingerprint density at radius 3 is 2.29 bits per heavy atom. The number of hydrogen-bond donors (Lipinski definition) is 1. The number of guanidine groups is 1. The Balaban J connectivity index is 0.00000341. The summed E-state index contributed by atoms with van der Waals surface area (Å²) in [5.41, 5.74) is 0.835. The number of halogens is 1. The summed E-state index contributed by atoms with van der Waals surface area (Å²) < 4.78 is 30.7. The molecule has 0 spiro atoms. The molecule has 1 saturated heterocycles. The molecule has 1 aliphatic rings. The fraction of sp³-hybridized carbons (Fsp3) is 0.435. The molecular weight excluding hydrogens is 525 g/mol. The van der Waals surface area contributed by atoms with Gasteiger partial charge in [0.15, 0.2) is 15.8 Å². The third-order valence-electron chi connectivity index (χ3n) is 5.14. The van der Waals surface area contributed by atoms with Crippen LogP contribution < -0.4 is 10.1 Å². The Kier molecular flexibility index (Phi) is 10.6. The smallest absolute Gasteiger partial charge is 0.193 e. The molecule has 2 aromatic rings. The van der Waals surface area contributed by atoms with Gasteiger partial charge in [0.1, 0.15) is 11.9 Å². The molecular formula is C23H32IN3O3S. The molecule has 0 aliphatic carbocycles. The zero-order valence-electron chi connectivity index (χ0n) is 17.9. The number of rotatable bonds is 8. The van der Waals surface area contributed by atoms with E-state index in [0.29, 0.717) is 13.0 Å². The zero-order valence-corrected chi connectivity index (χ0v) is 21.1. The second-order valence-corrected chi connectivity index (χ2v) is 9.71. The molecule has 31 heavy (non-hydrogen) atoms. The third-order valence-corrected chi connectivity index (χ3v) is 6.83. The van der Waals surface area contributed by atoms with E-state index in [9.17, 15) is 8.42 Å². The van der Waals surface area contributed by atoms with Crippen molar-refractivity contribution in [2.45, 2.75) is 31.1 Å². The largest absolute Gasteiger partial charge is 0.490 e. The van der Waals surface area contributed by atoms with E-state index in [-0.39, 0.29) is 41.6 Å². The van der Waals surface area contributed by atoms with Gasteiger partial charge in [-0.25, -0.2) is 8.42 Å². The fourth-order valence-corrected chi connectivity index (χ4v) is 5.03. The average molecular weight is 557 g/mol. The lowest BCUT2D eigenvalue weighted by Gasteiger charge is -2.34. The van der Waals surface area contributed by atoms with E-state index >= 15 is 0 Å². The Bertz CT molecular complexity index is 900. The Hall–Kier alpha value is -1.81. The first-order valence-corrected chi connectivity index (χ1v) is 12.3. The first kappa shape index (κ1) is 25.5. The van der Waals surface area contributed by atoms with E-state index in [0.717, 1.165) is 43.2 Å². The average Bonchev–Trinajstić information content (AvgIpc) is 2.76. The van der Waals surface area contributed by atoms with Gasteiger partial charge < -0.3 is 15.0 Å². The van der Waals surface area contributed by atoms with Crippen molar-refractivity contribution in [3.63, 3.8) is 0 Å². The van der Waals surface area contributed by atoms with Crippen molar-refractivity contribution in [3.05, 3.63) is 66.2 Å². The molecule has 3 rings (SSSR count). The first-order valence-electron chi connectivity index (χ1n) is 10.5. The standard InChI is InChI=1S/C23H31N3O3S.HI/c1-24-23(25-15-8-18-30(27,28)19-20-9-4-2-5-10-20)26-16-13-22(14-17-26)29-21-11-6-3-7-12-21;/h2-7,9-12,22H,8,13-19H2,1H3,(H,24,25);1H. The summed E-state index contributed by atoms with van der Waals surface area (Å²) in [5.74, 6) is 2.00. The fourth-order valence-electron chi connectivity index (χ4n) is 3.60. The monoisotopic (exact) mass is 557 g/mol. The van der Waals surface area contributed by atoms with Crippen LogP contribution >= 0.6 is 24.0 Å². The molecule has 0 bridgehead atoms. The number of hydrogen-bond acceptors (Lipinski definition) is 4. The van der Waals surface area contributed by atoms with Gasteiger partial charge in [-0.15, -0.1) is 24.0 Å². The molecule has 0 amide bonds. The molecule has 1 N–H and O–H groups in total. The summed E-state index contributed by atoms with van der Waals surface area (Å²) in [6, 6.07) is 19.2. The van der Waals surface area contributed by atoms with E-state index in [1.165, 1.54) is 0 Å². The lowest BCUT2D eigenvalue weighted by atomic mass is 10.1. The van der Waals surface area contributed by atoms with E-state index in [4.69, 9.17) is 4.74 Å². The molecule has 0 atom stereocenters. The molecule has 1 aliphatic heterocycles. The molecule has 1 fully saturated rings. The number of para-hydroxylation sites is 1. The topological polar surface area (TPSA) is 71.0 Å². The molecule has 0 aromatic heterocycles. The maximum absolute atomic E-state index is 12.3. The lowest BCUT2D eigenvalue weighted by molar-refractivity contribution is 0.129. The summed E-state index contributed by atoms with van der Waals surface area (Å²) in [4.78, 5) is 6.58. The minimum atomic E-state index is -3.11. The van der Waals surface area contributed by atoms with Crippen LogP contribution in [-0.4, -0.2) is 57.8 Å². The van der Waals surface area contributed by atoms with E-state index in [1.807, 2.05) is 60.7 Å². The highest BCUT2D eigenvalue weighted by molar-refractivity contribution is 14.0. The number of benzene rings is 2. The quantitative estimate of drug-likeness (QED) is 0.232. The number of aliphatic imine (C=N–C) groups is 1. The maximum atomic E-state index is 12.3. The Morgan fingerprint density at radius 2 is 1.68 bits per heavy atom. The van der Waals surface area contributed by atoms with Crippen molar-refractivity contribution in [2.24, 2.45) is 4.99 Å². The highest BCUT2D eigenvalue weighted by Crippen LogP contribution is 2.18. The summed E-state index contributed by atoms with van der Waals surface area (Å²) in [6.07, 6.45) is 2.63. The summed E-state index contributed by atoms with van der Waals surface area (Å²) >= 11 is 0. The molecule has 8 heteroatoms. The van der Waals surface area contributed by atoms with E-state index in [2.05, 4.69) is 15.2 Å².